The third kappa shape index (κ3) is 3.78. The Hall–Kier alpha value is -3.09. The molecule has 1 unspecified atom stereocenters. The van der Waals surface area contributed by atoms with Gasteiger partial charge in [-0.25, -0.2) is 14.2 Å². The van der Waals surface area contributed by atoms with Crippen LogP contribution in [0.4, 0.5) is 9.18 Å². The molecular weight excluding hydrogens is 359 g/mol. The minimum atomic E-state index is -0.334. The number of carbonyl (C=O) groups is 1. The standard InChI is InChI=1S/C21H23FN4O2/c1-14-24-18-5-2-3-7-19(18)26(14)11-10-23-21(27)25-17-6-4-12-28-20-9-8-15(22)13-16(17)20/h2-3,5,7-9,13,17H,4,6,10-12H2,1H3,(H2,23,25,27). The molecule has 0 fully saturated rings. The van der Waals surface area contributed by atoms with Crippen LogP contribution in [0.5, 0.6) is 5.75 Å². The van der Waals surface area contributed by atoms with Gasteiger partial charge in [0.15, 0.2) is 0 Å². The number of imidazole rings is 1. The second-order valence-electron chi connectivity index (χ2n) is 6.93. The van der Waals surface area contributed by atoms with E-state index in [4.69, 9.17) is 4.74 Å². The number of benzene rings is 2. The first-order chi connectivity index (χ1) is 13.6. The van der Waals surface area contributed by atoms with Crippen molar-refractivity contribution >= 4 is 17.1 Å². The lowest BCUT2D eigenvalue weighted by atomic mass is 10.0. The molecule has 0 radical (unpaired) electrons. The number of nitrogens with one attached hydrogen (secondary N) is 2. The molecule has 0 saturated carbocycles. The molecule has 1 aromatic heterocycles. The zero-order valence-electron chi connectivity index (χ0n) is 15.7. The number of halogens is 1. The molecule has 0 bridgehead atoms. The van der Waals surface area contributed by atoms with Gasteiger partial charge in [0.25, 0.3) is 0 Å². The summed E-state index contributed by atoms with van der Waals surface area (Å²) in [7, 11) is 0. The van der Waals surface area contributed by atoms with Crippen molar-refractivity contribution in [2.24, 2.45) is 0 Å². The van der Waals surface area contributed by atoms with E-state index in [9.17, 15) is 9.18 Å². The number of para-hydroxylation sites is 2. The predicted molar refractivity (Wildman–Crippen MR) is 105 cm³/mol. The van der Waals surface area contributed by atoms with Gasteiger partial charge in [0.05, 0.1) is 23.7 Å². The Morgan fingerprint density at radius 2 is 2.18 bits per heavy atom. The highest BCUT2D eigenvalue weighted by atomic mass is 19.1. The summed E-state index contributed by atoms with van der Waals surface area (Å²) in [5.74, 6) is 1.21. The van der Waals surface area contributed by atoms with Crippen LogP contribution >= 0.6 is 0 Å². The first-order valence-corrected chi connectivity index (χ1v) is 9.50. The van der Waals surface area contributed by atoms with Gasteiger partial charge in [-0.3, -0.25) is 0 Å². The molecule has 6 nitrogen and oxygen atoms in total. The number of hydrogen-bond donors (Lipinski definition) is 2. The summed E-state index contributed by atoms with van der Waals surface area (Å²) < 4.78 is 21.4. The van der Waals surface area contributed by atoms with E-state index >= 15 is 0 Å². The lowest BCUT2D eigenvalue weighted by Gasteiger charge is -2.19. The smallest absolute Gasteiger partial charge is 0.315 e. The van der Waals surface area contributed by atoms with E-state index in [0.29, 0.717) is 37.4 Å². The lowest BCUT2D eigenvalue weighted by Crippen LogP contribution is -2.39. The fraction of sp³-hybridized carbons (Fsp3) is 0.333. The van der Waals surface area contributed by atoms with Crippen molar-refractivity contribution in [2.45, 2.75) is 32.4 Å². The minimum Gasteiger partial charge on any atom is -0.493 e. The van der Waals surface area contributed by atoms with E-state index in [0.717, 1.165) is 23.3 Å². The molecule has 28 heavy (non-hydrogen) atoms. The summed E-state index contributed by atoms with van der Waals surface area (Å²) in [6, 6.07) is 11.8. The van der Waals surface area contributed by atoms with Crippen LogP contribution in [0.25, 0.3) is 11.0 Å². The van der Waals surface area contributed by atoms with Crippen LogP contribution in [0.15, 0.2) is 42.5 Å². The van der Waals surface area contributed by atoms with Gasteiger partial charge in [0.2, 0.25) is 0 Å². The summed E-state index contributed by atoms with van der Waals surface area (Å²) in [5.41, 5.74) is 2.68. The topological polar surface area (TPSA) is 68.2 Å². The van der Waals surface area contributed by atoms with E-state index in [-0.39, 0.29) is 17.9 Å². The summed E-state index contributed by atoms with van der Waals surface area (Å²) in [4.78, 5) is 16.9. The molecular formula is C21H23FN4O2. The van der Waals surface area contributed by atoms with Crippen LogP contribution < -0.4 is 15.4 Å². The molecule has 2 aromatic carbocycles. The van der Waals surface area contributed by atoms with Crippen LogP contribution in [0.2, 0.25) is 0 Å². The molecule has 1 atom stereocenters. The van der Waals surface area contributed by atoms with Crippen molar-refractivity contribution in [3.63, 3.8) is 0 Å². The highest BCUT2D eigenvalue weighted by Gasteiger charge is 2.22. The fourth-order valence-corrected chi connectivity index (χ4v) is 3.67. The van der Waals surface area contributed by atoms with Gasteiger partial charge >= 0.3 is 6.03 Å². The van der Waals surface area contributed by atoms with E-state index in [2.05, 4.69) is 20.2 Å². The summed E-state index contributed by atoms with van der Waals surface area (Å²) >= 11 is 0. The number of rotatable bonds is 4. The Morgan fingerprint density at radius 3 is 3.07 bits per heavy atom. The van der Waals surface area contributed by atoms with E-state index in [1.807, 2.05) is 31.2 Å². The molecule has 2 amide bonds. The van der Waals surface area contributed by atoms with Crippen molar-refractivity contribution in [3.8, 4) is 5.75 Å². The predicted octanol–water partition coefficient (Wildman–Crippen LogP) is 3.70. The first-order valence-electron chi connectivity index (χ1n) is 9.50. The molecule has 0 spiro atoms. The Balaban J connectivity index is 1.38. The highest BCUT2D eigenvalue weighted by molar-refractivity contribution is 5.76. The second kappa shape index (κ2) is 7.88. The van der Waals surface area contributed by atoms with Crippen LogP contribution in [0.1, 0.15) is 30.3 Å². The maximum atomic E-state index is 13.7. The molecule has 4 rings (SSSR count). The quantitative estimate of drug-likeness (QED) is 0.723. The van der Waals surface area contributed by atoms with Crippen LogP contribution in [-0.4, -0.2) is 28.7 Å². The monoisotopic (exact) mass is 382 g/mol. The largest absolute Gasteiger partial charge is 0.493 e. The fourth-order valence-electron chi connectivity index (χ4n) is 3.67. The number of nitrogens with zero attached hydrogens (tertiary/aromatic N) is 2. The summed E-state index contributed by atoms with van der Waals surface area (Å²) in [6.07, 6.45) is 1.50. The van der Waals surface area contributed by atoms with Gasteiger partial charge in [0, 0.05) is 18.7 Å². The number of aryl methyl sites for hydroxylation is 1. The number of fused-ring (bicyclic) bond motifs is 2. The average molecular weight is 382 g/mol. The van der Waals surface area contributed by atoms with Gasteiger partial charge in [-0.1, -0.05) is 12.1 Å². The van der Waals surface area contributed by atoms with Crippen LogP contribution in [0, 0.1) is 12.7 Å². The van der Waals surface area contributed by atoms with Gasteiger partial charge in [-0.2, -0.15) is 0 Å². The highest BCUT2D eigenvalue weighted by Crippen LogP contribution is 2.31. The molecule has 2 heterocycles. The number of ether oxygens (including phenoxy) is 1. The average Bonchev–Trinajstić information content (AvgIpc) is 2.87. The van der Waals surface area contributed by atoms with E-state index in [1.54, 1.807) is 6.07 Å². The number of hydrogen-bond acceptors (Lipinski definition) is 3. The van der Waals surface area contributed by atoms with E-state index in [1.165, 1.54) is 12.1 Å². The Morgan fingerprint density at radius 1 is 1.32 bits per heavy atom. The third-order valence-electron chi connectivity index (χ3n) is 5.01. The normalized spacial score (nSPS) is 16.1. The molecule has 7 heteroatoms. The summed E-state index contributed by atoms with van der Waals surface area (Å²) in [5, 5.41) is 5.85. The molecule has 1 aliphatic rings. The zero-order valence-corrected chi connectivity index (χ0v) is 15.7. The second-order valence-corrected chi connectivity index (χ2v) is 6.93. The van der Waals surface area contributed by atoms with Crippen molar-refractivity contribution in [3.05, 3.63) is 59.7 Å². The van der Waals surface area contributed by atoms with Crippen molar-refractivity contribution in [1.82, 2.24) is 20.2 Å². The SMILES string of the molecule is Cc1nc2ccccc2n1CCNC(=O)NC1CCCOc2ccc(F)cc21. The molecule has 0 saturated heterocycles. The van der Waals surface area contributed by atoms with Gasteiger partial charge < -0.3 is 19.9 Å². The molecule has 0 aliphatic carbocycles. The van der Waals surface area contributed by atoms with Gasteiger partial charge in [-0.05, 0) is 50.1 Å². The van der Waals surface area contributed by atoms with Crippen LogP contribution in [0.3, 0.4) is 0 Å². The van der Waals surface area contributed by atoms with Gasteiger partial charge in [-0.15, -0.1) is 0 Å². The van der Waals surface area contributed by atoms with E-state index < -0.39 is 0 Å². The van der Waals surface area contributed by atoms with Crippen molar-refractivity contribution in [2.75, 3.05) is 13.2 Å². The number of urea groups is 1. The molecule has 2 N–H and O–H groups in total. The van der Waals surface area contributed by atoms with Crippen molar-refractivity contribution < 1.29 is 13.9 Å². The Labute approximate surface area is 162 Å². The zero-order chi connectivity index (χ0) is 19.5. The molecule has 1 aliphatic heterocycles. The number of carbonyl (C=O) groups excluding carboxylic acids is 1. The number of aromatic nitrogens is 2. The Kier molecular flexibility index (Phi) is 5.14. The third-order valence-corrected chi connectivity index (χ3v) is 5.01. The molecule has 146 valence electrons. The maximum Gasteiger partial charge on any atom is 0.315 e. The Bertz CT molecular complexity index is 1000. The molecule has 3 aromatic rings. The first kappa shape index (κ1) is 18.3. The van der Waals surface area contributed by atoms with Gasteiger partial charge in [0.1, 0.15) is 17.4 Å². The number of amides is 2. The minimum absolute atomic E-state index is 0.274. The lowest BCUT2D eigenvalue weighted by molar-refractivity contribution is 0.235. The maximum absolute atomic E-state index is 13.7. The summed E-state index contributed by atoms with van der Waals surface area (Å²) in [6.45, 7) is 3.60. The van der Waals surface area contributed by atoms with Crippen molar-refractivity contribution in [1.29, 1.82) is 0 Å². The van der Waals surface area contributed by atoms with Crippen LogP contribution in [-0.2, 0) is 6.54 Å².